The van der Waals surface area contributed by atoms with Crippen molar-refractivity contribution in [3.63, 3.8) is 0 Å². The van der Waals surface area contributed by atoms with Crippen LogP contribution in [0.1, 0.15) is 30.8 Å². The Bertz CT molecular complexity index is 506. The summed E-state index contributed by atoms with van der Waals surface area (Å²) in [6.45, 7) is 1.02. The molecule has 21 heavy (non-hydrogen) atoms. The summed E-state index contributed by atoms with van der Waals surface area (Å²) in [6, 6.07) is -0.782. The topological polar surface area (TPSA) is 59.0 Å². The smallest absolute Gasteiger partial charge is 0.262 e. The third-order valence-corrected chi connectivity index (χ3v) is 4.07. The van der Waals surface area contributed by atoms with Gasteiger partial charge in [0.2, 0.25) is 5.91 Å². The van der Waals surface area contributed by atoms with Gasteiger partial charge in [0.25, 0.3) is 5.92 Å². The lowest BCUT2D eigenvalue weighted by atomic mass is 10.2. The maximum Gasteiger partial charge on any atom is 0.262 e. The normalized spacial score (nSPS) is 23.8. The van der Waals surface area contributed by atoms with Crippen LogP contribution in [0.2, 0.25) is 0 Å². The predicted octanol–water partition coefficient (Wildman–Crippen LogP) is 0.875. The SMILES string of the molecule is O=C(NCCc1cn2c(n1)CCCC2)C1CC(F)(F)CN1. The summed E-state index contributed by atoms with van der Waals surface area (Å²) in [5.41, 5.74) is 0.955. The van der Waals surface area contributed by atoms with Gasteiger partial charge in [0, 0.05) is 38.5 Å². The molecule has 3 rings (SSSR count). The van der Waals surface area contributed by atoms with Crippen LogP contribution in [0.25, 0.3) is 0 Å². The van der Waals surface area contributed by atoms with Gasteiger partial charge in [0.05, 0.1) is 18.3 Å². The van der Waals surface area contributed by atoms with E-state index in [-0.39, 0.29) is 5.91 Å². The summed E-state index contributed by atoms with van der Waals surface area (Å²) in [5.74, 6) is -2.01. The average Bonchev–Trinajstić information content (AvgIpc) is 3.01. The molecule has 1 aromatic heterocycles. The monoisotopic (exact) mass is 298 g/mol. The van der Waals surface area contributed by atoms with Gasteiger partial charge < -0.3 is 9.88 Å². The molecule has 1 fully saturated rings. The predicted molar refractivity (Wildman–Crippen MR) is 73.2 cm³/mol. The molecular weight excluding hydrogens is 278 g/mol. The lowest BCUT2D eigenvalue weighted by Gasteiger charge is -2.11. The summed E-state index contributed by atoms with van der Waals surface area (Å²) < 4.78 is 28.2. The van der Waals surface area contributed by atoms with Gasteiger partial charge in [-0.05, 0) is 12.8 Å². The van der Waals surface area contributed by atoms with Crippen molar-refractivity contribution in [1.29, 1.82) is 0 Å². The number of hydrogen-bond donors (Lipinski definition) is 2. The summed E-state index contributed by atoms with van der Waals surface area (Å²) in [6.07, 6.45) is 5.61. The summed E-state index contributed by atoms with van der Waals surface area (Å²) in [5, 5.41) is 5.26. The number of imidazole rings is 1. The van der Waals surface area contributed by atoms with Crippen molar-refractivity contribution in [3.8, 4) is 0 Å². The molecule has 0 radical (unpaired) electrons. The van der Waals surface area contributed by atoms with Gasteiger partial charge in [-0.25, -0.2) is 13.8 Å². The molecule has 1 saturated heterocycles. The van der Waals surface area contributed by atoms with Gasteiger partial charge >= 0.3 is 0 Å². The van der Waals surface area contributed by atoms with Gasteiger partial charge in [0.15, 0.2) is 0 Å². The number of aromatic nitrogens is 2. The molecule has 2 aliphatic rings. The standard InChI is InChI=1S/C14H20F2N4O/c15-14(16)7-11(18-9-14)13(21)17-5-4-10-8-20-6-2-1-3-12(20)19-10/h8,11,18H,1-7,9H2,(H,17,21). The van der Waals surface area contributed by atoms with E-state index in [1.165, 1.54) is 12.8 Å². The van der Waals surface area contributed by atoms with Crippen LogP contribution in [0.15, 0.2) is 6.20 Å². The van der Waals surface area contributed by atoms with Crippen LogP contribution in [0.5, 0.6) is 0 Å². The Balaban J connectivity index is 1.46. The molecule has 1 amide bonds. The fourth-order valence-corrected chi connectivity index (χ4v) is 2.93. The fraction of sp³-hybridized carbons (Fsp3) is 0.714. The van der Waals surface area contributed by atoms with Crippen LogP contribution < -0.4 is 10.6 Å². The minimum atomic E-state index is -2.77. The van der Waals surface area contributed by atoms with E-state index in [0.717, 1.165) is 24.5 Å². The van der Waals surface area contributed by atoms with E-state index >= 15 is 0 Å². The van der Waals surface area contributed by atoms with Gasteiger partial charge in [-0.1, -0.05) is 0 Å². The third kappa shape index (κ3) is 3.40. The van der Waals surface area contributed by atoms with Crippen molar-refractivity contribution >= 4 is 5.91 Å². The van der Waals surface area contributed by atoms with Gasteiger partial charge in [-0.2, -0.15) is 0 Å². The zero-order valence-corrected chi connectivity index (χ0v) is 11.9. The van der Waals surface area contributed by atoms with E-state index in [4.69, 9.17) is 0 Å². The lowest BCUT2D eigenvalue weighted by molar-refractivity contribution is -0.123. The Morgan fingerprint density at radius 3 is 3.10 bits per heavy atom. The van der Waals surface area contributed by atoms with Crippen LogP contribution in [-0.2, 0) is 24.2 Å². The Morgan fingerprint density at radius 1 is 1.52 bits per heavy atom. The Morgan fingerprint density at radius 2 is 2.38 bits per heavy atom. The van der Waals surface area contributed by atoms with Crippen LogP contribution in [0, 0.1) is 0 Å². The Hall–Kier alpha value is -1.50. The highest BCUT2D eigenvalue weighted by Gasteiger charge is 2.42. The molecule has 5 nitrogen and oxygen atoms in total. The number of aryl methyl sites for hydroxylation is 2. The van der Waals surface area contributed by atoms with E-state index in [2.05, 4.69) is 20.2 Å². The number of halogens is 2. The van der Waals surface area contributed by atoms with E-state index in [1.54, 1.807) is 0 Å². The molecule has 7 heteroatoms. The molecular formula is C14H20F2N4O. The molecule has 116 valence electrons. The number of carbonyl (C=O) groups excluding carboxylic acids is 1. The number of carbonyl (C=O) groups is 1. The zero-order chi connectivity index (χ0) is 14.9. The molecule has 0 saturated carbocycles. The second-order valence-electron chi connectivity index (χ2n) is 5.83. The molecule has 3 heterocycles. The van der Waals surface area contributed by atoms with Crippen LogP contribution in [-0.4, -0.2) is 40.5 Å². The molecule has 0 aliphatic carbocycles. The van der Waals surface area contributed by atoms with Gasteiger partial charge in [0.1, 0.15) is 5.82 Å². The number of fused-ring (bicyclic) bond motifs is 1. The average molecular weight is 298 g/mol. The second kappa shape index (κ2) is 5.71. The van der Waals surface area contributed by atoms with E-state index in [1.807, 2.05) is 6.20 Å². The molecule has 0 aromatic carbocycles. The Kier molecular flexibility index (Phi) is 3.93. The first kappa shape index (κ1) is 14.4. The highest BCUT2D eigenvalue weighted by molar-refractivity contribution is 5.82. The van der Waals surface area contributed by atoms with Crippen LogP contribution >= 0.6 is 0 Å². The van der Waals surface area contributed by atoms with E-state index < -0.39 is 24.9 Å². The number of rotatable bonds is 4. The quantitative estimate of drug-likeness (QED) is 0.867. The molecule has 1 unspecified atom stereocenters. The van der Waals surface area contributed by atoms with E-state index in [9.17, 15) is 13.6 Å². The van der Waals surface area contributed by atoms with E-state index in [0.29, 0.717) is 13.0 Å². The zero-order valence-electron chi connectivity index (χ0n) is 11.9. The number of alkyl halides is 2. The molecule has 0 bridgehead atoms. The first-order valence-corrected chi connectivity index (χ1v) is 7.47. The van der Waals surface area contributed by atoms with Gasteiger partial charge in [-0.15, -0.1) is 0 Å². The maximum atomic E-state index is 13.0. The number of nitrogens with zero attached hydrogens (tertiary/aromatic N) is 2. The minimum absolute atomic E-state index is 0.351. The molecule has 2 N–H and O–H groups in total. The molecule has 1 atom stereocenters. The minimum Gasteiger partial charge on any atom is -0.354 e. The maximum absolute atomic E-state index is 13.0. The number of amides is 1. The first-order chi connectivity index (χ1) is 10.0. The third-order valence-electron chi connectivity index (χ3n) is 4.07. The number of hydrogen-bond acceptors (Lipinski definition) is 3. The molecule has 1 aromatic rings. The second-order valence-corrected chi connectivity index (χ2v) is 5.83. The van der Waals surface area contributed by atoms with Crippen LogP contribution in [0.4, 0.5) is 8.78 Å². The number of nitrogens with one attached hydrogen (secondary N) is 2. The van der Waals surface area contributed by atoms with Crippen molar-refractivity contribution in [2.45, 2.75) is 50.6 Å². The van der Waals surface area contributed by atoms with Gasteiger partial charge in [-0.3, -0.25) is 10.1 Å². The van der Waals surface area contributed by atoms with Crippen molar-refractivity contribution in [3.05, 3.63) is 17.7 Å². The van der Waals surface area contributed by atoms with Crippen LogP contribution in [0.3, 0.4) is 0 Å². The molecule has 2 aliphatic heterocycles. The first-order valence-electron chi connectivity index (χ1n) is 7.47. The van der Waals surface area contributed by atoms with Crippen molar-refractivity contribution < 1.29 is 13.6 Å². The molecule has 0 spiro atoms. The summed E-state index contributed by atoms with van der Waals surface area (Å²) in [4.78, 5) is 16.3. The highest BCUT2D eigenvalue weighted by Crippen LogP contribution is 2.25. The van der Waals surface area contributed by atoms with Crippen molar-refractivity contribution in [2.24, 2.45) is 0 Å². The Labute approximate surface area is 122 Å². The largest absolute Gasteiger partial charge is 0.354 e. The van der Waals surface area contributed by atoms with Crippen molar-refractivity contribution in [1.82, 2.24) is 20.2 Å². The fourth-order valence-electron chi connectivity index (χ4n) is 2.93. The van der Waals surface area contributed by atoms with Crippen molar-refractivity contribution in [2.75, 3.05) is 13.1 Å². The summed E-state index contributed by atoms with van der Waals surface area (Å²) in [7, 11) is 0. The lowest BCUT2D eigenvalue weighted by Crippen LogP contribution is -2.41. The summed E-state index contributed by atoms with van der Waals surface area (Å²) >= 11 is 0. The highest BCUT2D eigenvalue weighted by atomic mass is 19.3.